The normalized spacial score (nSPS) is 10.8. The zero-order chi connectivity index (χ0) is 14.4. The highest BCUT2D eigenvalue weighted by Crippen LogP contribution is 2.10. The van der Waals surface area contributed by atoms with Crippen molar-refractivity contribution in [1.29, 1.82) is 0 Å². The van der Waals surface area contributed by atoms with Crippen molar-refractivity contribution < 1.29 is 4.79 Å². The lowest BCUT2D eigenvalue weighted by atomic mass is 10.0. The van der Waals surface area contributed by atoms with Crippen LogP contribution in [0.5, 0.6) is 0 Å². The number of nitrogens with zero attached hydrogens (tertiary/aromatic N) is 1. The molecule has 2 nitrogen and oxygen atoms in total. The maximum Gasteiger partial charge on any atom is 0.177 e. The molecule has 0 aliphatic heterocycles. The molecule has 0 saturated heterocycles. The lowest BCUT2D eigenvalue weighted by Crippen LogP contribution is -2.29. The maximum atomic E-state index is 12.4. The van der Waals surface area contributed by atoms with Crippen molar-refractivity contribution >= 4 is 5.78 Å². The highest BCUT2D eigenvalue weighted by Gasteiger charge is 2.13. The van der Waals surface area contributed by atoms with E-state index in [2.05, 4.69) is 24.0 Å². The Bertz CT molecular complexity index is 563. The third kappa shape index (κ3) is 3.78. The summed E-state index contributed by atoms with van der Waals surface area (Å²) in [5, 5.41) is 0. The van der Waals surface area contributed by atoms with Gasteiger partial charge in [-0.05, 0) is 24.6 Å². The lowest BCUT2D eigenvalue weighted by Gasteiger charge is -2.20. The molecule has 2 rings (SSSR count). The zero-order valence-corrected chi connectivity index (χ0v) is 12.2. The Morgan fingerprint density at radius 1 is 1.00 bits per heavy atom. The minimum atomic E-state index is 0.195. The SMILES string of the molecule is CCN(CC(=O)c1ccccc1C)Cc1ccccc1. The third-order valence-electron chi connectivity index (χ3n) is 3.51. The molecule has 0 bridgehead atoms. The van der Waals surface area contributed by atoms with Crippen LogP contribution >= 0.6 is 0 Å². The van der Waals surface area contributed by atoms with Gasteiger partial charge < -0.3 is 0 Å². The molecule has 0 aromatic heterocycles. The number of Topliss-reactive ketones (excluding diaryl/α,β-unsaturated/α-hetero) is 1. The summed E-state index contributed by atoms with van der Waals surface area (Å²) in [6, 6.07) is 18.1. The summed E-state index contributed by atoms with van der Waals surface area (Å²) in [6.45, 7) is 6.23. The van der Waals surface area contributed by atoms with E-state index >= 15 is 0 Å². The van der Waals surface area contributed by atoms with Crippen molar-refractivity contribution in [2.75, 3.05) is 13.1 Å². The van der Waals surface area contributed by atoms with E-state index in [1.807, 2.05) is 49.4 Å². The summed E-state index contributed by atoms with van der Waals surface area (Å²) < 4.78 is 0. The second-order valence-corrected chi connectivity index (χ2v) is 5.03. The number of hydrogen-bond donors (Lipinski definition) is 0. The first kappa shape index (κ1) is 14.5. The van der Waals surface area contributed by atoms with Gasteiger partial charge in [-0.3, -0.25) is 9.69 Å². The van der Waals surface area contributed by atoms with Gasteiger partial charge in [-0.15, -0.1) is 0 Å². The molecule has 0 saturated carbocycles. The maximum absolute atomic E-state index is 12.4. The standard InChI is InChI=1S/C18H21NO/c1-3-19(13-16-10-5-4-6-11-16)14-18(20)17-12-8-7-9-15(17)2/h4-12H,3,13-14H2,1-2H3. The van der Waals surface area contributed by atoms with E-state index in [0.29, 0.717) is 6.54 Å². The van der Waals surface area contributed by atoms with Crippen LogP contribution in [0.15, 0.2) is 54.6 Å². The van der Waals surface area contributed by atoms with Gasteiger partial charge in [0, 0.05) is 12.1 Å². The smallest absolute Gasteiger partial charge is 0.177 e. The lowest BCUT2D eigenvalue weighted by molar-refractivity contribution is 0.0929. The summed E-state index contributed by atoms with van der Waals surface area (Å²) in [5.41, 5.74) is 3.12. The van der Waals surface area contributed by atoms with Gasteiger partial charge in [-0.25, -0.2) is 0 Å². The van der Waals surface area contributed by atoms with E-state index in [4.69, 9.17) is 0 Å². The predicted octanol–water partition coefficient (Wildman–Crippen LogP) is 3.70. The van der Waals surface area contributed by atoms with Crippen molar-refractivity contribution in [3.63, 3.8) is 0 Å². The van der Waals surface area contributed by atoms with Crippen LogP contribution in [0.2, 0.25) is 0 Å². The number of benzene rings is 2. The molecule has 2 aromatic carbocycles. The third-order valence-corrected chi connectivity index (χ3v) is 3.51. The topological polar surface area (TPSA) is 20.3 Å². The number of hydrogen-bond acceptors (Lipinski definition) is 2. The molecule has 20 heavy (non-hydrogen) atoms. The Morgan fingerprint density at radius 2 is 1.65 bits per heavy atom. The van der Waals surface area contributed by atoms with Crippen LogP contribution in [0.3, 0.4) is 0 Å². The van der Waals surface area contributed by atoms with Gasteiger partial charge in [0.15, 0.2) is 5.78 Å². The number of likely N-dealkylation sites (N-methyl/N-ethyl adjacent to an activating group) is 1. The first-order valence-corrected chi connectivity index (χ1v) is 7.06. The quantitative estimate of drug-likeness (QED) is 0.744. The average molecular weight is 267 g/mol. The fourth-order valence-electron chi connectivity index (χ4n) is 2.30. The molecule has 0 aliphatic rings. The molecule has 0 unspecified atom stereocenters. The number of carbonyl (C=O) groups is 1. The van der Waals surface area contributed by atoms with Gasteiger partial charge >= 0.3 is 0 Å². The van der Waals surface area contributed by atoms with Crippen LogP contribution in [-0.4, -0.2) is 23.8 Å². The Labute approximate surface area is 121 Å². The van der Waals surface area contributed by atoms with Crippen molar-refractivity contribution in [3.8, 4) is 0 Å². The molecule has 104 valence electrons. The monoisotopic (exact) mass is 267 g/mol. The molecule has 0 heterocycles. The minimum Gasteiger partial charge on any atom is -0.293 e. The largest absolute Gasteiger partial charge is 0.293 e. The molecular weight excluding hydrogens is 246 g/mol. The summed E-state index contributed by atoms with van der Waals surface area (Å²) in [5.74, 6) is 0.195. The molecule has 2 aromatic rings. The number of carbonyl (C=O) groups excluding carboxylic acids is 1. The second-order valence-electron chi connectivity index (χ2n) is 5.03. The Balaban J connectivity index is 2.03. The van der Waals surface area contributed by atoms with E-state index in [1.165, 1.54) is 5.56 Å². The molecule has 0 fully saturated rings. The van der Waals surface area contributed by atoms with Crippen LogP contribution in [-0.2, 0) is 6.54 Å². The van der Waals surface area contributed by atoms with Crippen LogP contribution in [0, 0.1) is 6.92 Å². The molecule has 0 amide bonds. The van der Waals surface area contributed by atoms with Crippen molar-refractivity contribution in [1.82, 2.24) is 4.90 Å². The van der Waals surface area contributed by atoms with Gasteiger partial charge in [0.05, 0.1) is 6.54 Å². The highest BCUT2D eigenvalue weighted by molar-refractivity contribution is 5.98. The summed E-state index contributed by atoms with van der Waals surface area (Å²) in [4.78, 5) is 14.6. The molecule has 2 heteroatoms. The molecule has 0 N–H and O–H groups in total. The molecule has 0 aliphatic carbocycles. The summed E-state index contributed by atoms with van der Waals surface area (Å²) >= 11 is 0. The Hall–Kier alpha value is -1.93. The predicted molar refractivity (Wildman–Crippen MR) is 82.9 cm³/mol. The van der Waals surface area contributed by atoms with Gasteiger partial charge in [0.25, 0.3) is 0 Å². The van der Waals surface area contributed by atoms with Crippen molar-refractivity contribution in [2.24, 2.45) is 0 Å². The number of aryl methyl sites for hydroxylation is 1. The van der Waals surface area contributed by atoms with Crippen LogP contribution in [0.4, 0.5) is 0 Å². The molecular formula is C18H21NO. The van der Waals surface area contributed by atoms with Crippen LogP contribution in [0.25, 0.3) is 0 Å². The number of ketones is 1. The first-order chi connectivity index (χ1) is 9.70. The van der Waals surface area contributed by atoms with Crippen LogP contribution < -0.4 is 0 Å². The van der Waals surface area contributed by atoms with E-state index in [9.17, 15) is 4.79 Å². The fourth-order valence-corrected chi connectivity index (χ4v) is 2.30. The Morgan fingerprint density at radius 3 is 2.30 bits per heavy atom. The number of rotatable bonds is 6. The fraction of sp³-hybridized carbons (Fsp3) is 0.278. The van der Waals surface area contributed by atoms with Gasteiger partial charge in [-0.1, -0.05) is 61.5 Å². The molecule has 0 atom stereocenters. The average Bonchev–Trinajstić information content (AvgIpc) is 2.48. The van der Waals surface area contributed by atoms with Crippen molar-refractivity contribution in [2.45, 2.75) is 20.4 Å². The van der Waals surface area contributed by atoms with E-state index in [0.717, 1.165) is 24.2 Å². The molecule has 0 spiro atoms. The highest BCUT2D eigenvalue weighted by atomic mass is 16.1. The zero-order valence-electron chi connectivity index (χ0n) is 12.2. The van der Waals surface area contributed by atoms with E-state index in [1.54, 1.807) is 0 Å². The second kappa shape index (κ2) is 7.01. The molecule has 0 radical (unpaired) electrons. The first-order valence-electron chi connectivity index (χ1n) is 7.06. The van der Waals surface area contributed by atoms with Gasteiger partial charge in [0.2, 0.25) is 0 Å². The summed E-state index contributed by atoms with van der Waals surface area (Å²) in [6.07, 6.45) is 0. The van der Waals surface area contributed by atoms with E-state index in [-0.39, 0.29) is 5.78 Å². The van der Waals surface area contributed by atoms with Gasteiger partial charge in [-0.2, -0.15) is 0 Å². The van der Waals surface area contributed by atoms with Gasteiger partial charge in [0.1, 0.15) is 0 Å². The van der Waals surface area contributed by atoms with E-state index < -0.39 is 0 Å². The minimum absolute atomic E-state index is 0.195. The van der Waals surface area contributed by atoms with Crippen molar-refractivity contribution in [3.05, 3.63) is 71.3 Å². The van der Waals surface area contributed by atoms with Crippen LogP contribution in [0.1, 0.15) is 28.4 Å². The Kier molecular flexibility index (Phi) is 5.08. The summed E-state index contributed by atoms with van der Waals surface area (Å²) in [7, 11) is 0.